The minimum atomic E-state index is -4.14. The molecule has 0 radical (unpaired) electrons. The molecule has 0 aliphatic heterocycles. The van der Waals surface area contributed by atoms with E-state index in [0.29, 0.717) is 12.1 Å². The highest BCUT2D eigenvalue weighted by Gasteiger charge is 2.33. The van der Waals surface area contributed by atoms with E-state index in [-0.39, 0.29) is 23.0 Å². The van der Waals surface area contributed by atoms with Gasteiger partial charge in [-0.3, -0.25) is 13.9 Å². The fourth-order valence-electron chi connectivity index (χ4n) is 3.71. The van der Waals surface area contributed by atoms with Gasteiger partial charge in [0.05, 0.1) is 10.6 Å². The lowest BCUT2D eigenvalue weighted by atomic mass is 10.1. The lowest BCUT2D eigenvalue weighted by molar-refractivity contribution is -0.139. The Balaban J connectivity index is 2.02. The van der Waals surface area contributed by atoms with Gasteiger partial charge in [0, 0.05) is 21.7 Å². The first-order valence-electron chi connectivity index (χ1n) is 12.2. The predicted molar refractivity (Wildman–Crippen MR) is 154 cm³/mol. The van der Waals surface area contributed by atoms with Crippen LogP contribution in [0.1, 0.15) is 32.8 Å². The monoisotopic (exact) mass is 651 g/mol. The number of rotatable bonds is 11. The molecule has 2 atom stereocenters. The van der Waals surface area contributed by atoms with Gasteiger partial charge in [-0.1, -0.05) is 43.3 Å². The highest BCUT2D eigenvalue weighted by molar-refractivity contribution is 14.1. The quantitative estimate of drug-likeness (QED) is 0.297. The number of nitrogens with zero attached hydrogens (tertiary/aromatic N) is 2. The smallest absolute Gasteiger partial charge is 0.264 e. The average molecular weight is 652 g/mol. The van der Waals surface area contributed by atoms with Gasteiger partial charge in [-0.05, 0) is 85.3 Å². The molecule has 3 aromatic carbocycles. The van der Waals surface area contributed by atoms with E-state index in [1.165, 1.54) is 35.2 Å². The zero-order chi connectivity index (χ0) is 27.9. The SMILES string of the molecule is CCC(C)NC(=O)C(C)N(Cc1ccccc1F)C(=O)CN(c1ccc(I)cc1)S(=O)(=O)c1ccccc1. The predicted octanol–water partition coefficient (Wildman–Crippen LogP) is 4.96. The van der Waals surface area contributed by atoms with Crippen LogP contribution in [0, 0.1) is 9.39 Å². The molecule has 10 heteroatoms. The van der Waals surface area contributed by atoms with E-state index < -0.39 is 40.2 Å². The van der Waals surface area contributed by atoms with Crippen LogP contribution < -0.4 is 9.62 Å². The van der Waals surface area contributed by atoms with Crippen molar-refractivity contribution < 1.29 is 22.4 Å². The maximum absolute atomic E-state index is 14.6. The molecule has 0 aromatic heterocycles. The largest absolute Gasteiger partial charge is 0.352 e. The van der Waals surface area contributed by atoms with Crippen LogP contribution in [0.25, 0.3) is 0 Å². The van der Waals surface area contributed by atoms with Crippen LogP contribution in [-0.2, 0) is 26.2 Å². The lowest BCUT2D eigenvalue weighted by Gasteiger charge is -2.32. The molecule has 3 aromatic rings. The van der Waals surface area contributed by atoms with Crippen molar-refractivity contribution in [1.82, 2.24) is 10.2 Å². The van der Waals surface area contributed by atoms with Crippen molar-refractivity contribution in [3.8, 4) is 0 Å². The Labute approximate surface area is 237 Å². The van der Waals surface area contributed by atoms with Gasteiger partial charge in [0.2, 0.25) is 11.8 Å². The molecule has 0 aliphatic rings. The van der Waals surface area contributed by atoms with Crippen molar-refractivity contribution in [2.75, 3.05) is 10.8 Å². The molecule has 2 unspecified atom stereocenters. The molecule has 0 saturated heterocycles. The zero-order valence-electron chi connectivity index (χ0n) is 21.5. The number of amides is 2. The molecule has 0 bridgehead atoms. The number of hydrogen-bond donors (Lipinski definition) is 1. The average Bonchev–Trinajstić information content (AvgIpc) is 2.91. The second-order valence-electron chi connectivity index (χ2n) is 8.91. The van der Waals surface area contributed by atoms with Gasteiger partial charge in [-0.2, -0.15) is 0 Å². The van der Waals surface area contributed by atoms with Crippen molar-refractivity contribution >= 4 is 50.1 Å². The van der Waals surface area contributed by atoms with Crippen molar-refractivity contribution in [2.24, 2.45) is 0 Å². The molecule has 0 heterocycles. The van der Waals surface area contributed by atoms with Crippen LogP contribution in [0.5, 0.6) is 0 Å². The molecular weight excluding hydrogens is 620 g/mol. The van der Waals surface area contributed by atoms with E-state index in [1.807, 2.05) is 13.8 Å². The van der Waals surface area contributed by atoms with Crippen LogP contribution in [-0.4, -0.2) is 43.8 Å². The third-order valence-electron chi connectivity index (χ3n) is 6.19. The van der Waals surface area contributed by atoms with Crippen LogP contribution in [0.15, 0.2) is 83.8 Å². The van der Waals surface area contributed by atoms with Gasteiger partial charge in [0.1, 0.15) is 18.4 Å². The first-order chi connectivity index (χ1) is 18.0. The van der Waals surface area contributed by atoms with Gasteiger partial charge in [-0.25, -0.2) is 12.8 Å². The molecule has 3 rings (SSSR count). The first-order valence-corrected chi connectivity index (χ1v) is 14.7. The Morgan fingerprint density at radius 3 is 2.16 bits per heavy atom. The molecule has 0 aliphatic carbocycles. The molecule has 1 N–H and O–H groups in total. The maximum Gasteiger partial charge on any atom is 0.264 e. The minimum Gasteiger partial charge on any atom is -0.352 e. The summed E-state index contributed by atoms with van der Waals surface area (Å²) in [5, 5.41) is 2.85. The maximum atomic E-state index is 14.6. The first kappa shape index (κ1) is 29.6. The number of carbonyl (C=O) groups excluding carboxylic acids is 2. The van der Waals surface area contributed by atoms with E-state index >= 15 is 0 Å². The fourth-order valence-corrected chi connectivity index (χ4v) is 5.51. The third-order valence-corrected chi connectivity index (χ3v) is 8.70. The molecule has 0 spiro atoms. The van der Waals surface area contributed by atoms with E-state index in [2.05, 4.69) is 27.9 Å². The highest BCUT2D eigenvalue weighted by Crippen LogP contribution is 2.25. The van der Waals surface area contributed by atoms with Crippen molar-refractivity contribution in [3.05, 3.63) is 93.8 Å². The number of halogens is 2. The lowest BCUT2D eigenvalue weighted by Crippen LogP contribution is -2.52. The summed E-state index contributed by atoms with van der Waals surface area (Å²) in [6.07, 6.45) is 0.690. The minimum absolute atomic E-state index is 0.0227. The fraction of sp³-hybridized carbons (Fsp3) is 0.286. The van der Waals surface area contributed by atoms with Crippen molar-refractivity contribution in [1.29, 1.82) is 0 Å². The number of nitrogens with one attached hydrogen (secondary N) is 1. The zero-order valence-corrected chi connectivity index (χ0v) is 24.4. The van der Waals surface area contributed by atoms with E-state index in [0.717, 1.165) is 7.88 Å². The standard InChI is InChI=1S/C28H31FIN3O4S/c1-4-20(2)31-28(35)21(3)32(18-22-10-8-9-13-26(22)29)27(34)19-33(24-16-14-23(30)15-17-24)38(36,37)25-11-6-5-7-12-25/h5-17,20-21H,4,18-19H2,1-3H3,(H,31,35). The summed E-state index contributed by atoms with van der Waals surface area (Å²) in [6.45, 7) is 4.54. The molecule has 38 heavy (non-hydrogen) atoms. The molecular formula is C28H31FIN3O4S. The second kappa shape index (κ2) is 13.2. The number of anilines is 1. The van der Waals surface area contributed by atoms with E-state index in [9.17, 15) is 22.4 Å². The van der Waals surface area contributed by atoms with Crippen molar-refractivity contribution in [3.63, 3.8) is 0 Å². The highest BCUT2D eigenvalue weighted by atomic mass is 127. The van der Waals surface area contributed by atoms with Crippen LogP contribution in [0.2, 0.25) is 0 Å². The number of hydrogen-bond acceptors (Lipinski definition) is 4. The van der Waals surface area contributed by atoms with Gasteiger partial charge in [-0.15, -0.1) is 0 Å². The topological polar surface area (TPSA) is 86.8 Å². The van der Waals surface area contributed by atoms with E-state index in [1.54, 1.807) is 55.5 Å². The van der Waals surface area contributed by atoms with Gasteiger partial charge >= 0.3 is 0 Å². The Morgan fingerprint density at radius 2 is 1.55 bits per heavy atom. The molecule has 0 fully saturated rings. The number of sulfonamides is 1. The summed E-state index contributed by atoms with van der Waals surface area (Å²) >= 11 is 2.11. The summed E-state index contributed by atoms with van der Waals surface area (Å²) in [5.74, 6) is -1.57. The van der Waals surface area contributed by atoms with Gasteiger partial charge in [0.25, 0.3) is 10.0 Å². The summed E-state index contributed by atoms with van der Waals surface area (Å²) < 4.78 is 43.9. The Bertz CT molecular complexity index is 1350. The molecule has 2 amide bonds. The van der Waals surface area contributed by atoms with Crippen LogP contribution in [0.3, 0.4) is 0 Å². The van der Waals surface area contributed by atoms with Gasteiger partial charge in [0.15, 0.2) is 0 Å². The van der Waals surface area contributed by atoms with Crippen LogP contribution in [0.4, 0.5) is 10.1 Å². The normalized spacial score (nSPS) is 12.9. The third kappa shape index (κ3) is 7.31. The number of benzene rings is 3. The number of carbonyl (C=O) groups is 2. The summed E-state index contributed by atoms with van der Waals surface area (Å²) in [7, 11) is -4.14. The van der Waals surface area contributed by atoms with Gasteiger partial charge < -0.3 is 10.2 Å². The summed E-state index contributed by atoms with van der Waals surface area (Å²) in [6, 6.07) is 19.4. The Kier molecular flexibility index (Phi) is 10.3. The Morgan fingerprint density at radius 1 is 0.947 bits per heavy atom. The molecule has 0 saturated carbocycles. The summed E-state index contributed by atoms with van der Waals surface area (Å²) in [5.41, 5.74) is 0.515. The summed E-state index contributed by atoms with van der Waals surface area (Å²) in [4.78, 5) is 28.1. The molecule has 202 valence electrons. The van der Waals surface area contributed by atoms with Crippen molar-refractivity contribution in [2.45, 2.75) is 50.7 Å². The Hall–Kier alpha value is -2.99. The second-order valence-corrected chi connectivity index (χ2v) is 12.0. The van der Waals surface area contributed by atoms with Crippen LogP contribution >= 0.6 is 22.6 Å². The van der Waals surface area contributed by atoms with E-state index in [4.69, 9.17) is 0 Å². The molecule has 7 nitrogen and oxygen atoms in total.